The smallest absolute Gasteiger partial charge is 0.118 e. The second kappa shape index (κ2) is 6.55. The molecule has 3 atom stereocenters. The van der Waals surface area contributed by atoms with Crippen molar-refractivity contribution in [2.45, 2.75) is 31.2 Å². The zero-order valence-electron chi connectivity index (χ0n) is 11.2. The predicted octanol–water partition coefficient (Wildman–Crippen LogP) is 2.80. The van der Waals surface area contributed by atoms with Crippen LogP contribution in [0.25, 0.3) is 6.08 Å². The molecule has 19 heavy (non-hydrogen) atoms. The lowest BCUT2D eigenvalue weighted by Gasteiger charge is -2.29. The van der Waals surface area contributed by atoms with Crippen LogP contribution in [0.2, 0.25) is 0 Å². The van der Waals surface area contributed by atoms with Crippen molar-refractivity contribution in [3.8, 4) is 5.75 Å². The number of ether oxygens (including phenoxy) is 2. The Labute approximate surface area is 114 Å². The number of rotatable bonds is 4. The van der Waals surface area contributed by atoms with Gasteiger partial charge in [0.2, 0.25) is 0 Å². The van der Waals surface area contributed by atoms with E-state index in [2.05, 4.69) is 6.58 Å². The lowest BCUT2D eigenvalue weighted by atomic mass is 10.00. The maximum atomic E-state index is 9.77. The van der Waals surface area contributed by atoms with Crippen molar-refractivity contribution in [3.05, 3.63) is 48.6 Å². The standard InChI is InChI=1S/C16H20O3/c1-3-14-10-13(17)11-16(19-14)9-6-12-4-7-15(18-2)8-5-12/h3-9,13-14,16-17H,1,10-11H2,2H3/b9-6-/t13-,14-,16+/m0/s1. The van der Waals surface area contributed by atoms with Crippen molar-refractivity contribution in [1.29, 1.82) is 0 Å². The van der Waals surface area contributed by atoms with Crippen LogP contribution in [0.4, 0.5) is 0 Å². The number of hydrogen-bond acceptors (Lipinski definition) is 3. The Morgan fingerprint density at radius 1 is 1.26 bits per heavy atom. The first-order chi connectivity index (χ1) is 9.21. The number of aliphatic hydroxyl groups excluding tert-OH is 1. The van der Waals surface area contributed by atoms with Gasteiger partial charge in [0, 0.05) is 12.8 Å². The van der Waals surface area contributed by atoms with Gasteiger partial charge in [-0.25, -0.2) is 0 Å². The van der Waals surface area contributed by atoms with E-state index in [1.165, 1.54) is 0 Å². The minimum Gasteiger partial charge on any atom is -0.497 e. The van der Waals surface area contributed by atoms with E-state index in [4.69, 9.17) is 9.47 Å². The van der Waals surface area contributed by atoms with Crippen molar-refractivity contribution in [1.82, 2.24) is 0 Å². The van der Waals surface area contributed by atoms with Crippen LogP contribution < -0.4 is 4.74 Å². The predicted molar refractivity (Wildman–Crippen MR) is 76.1 cm³/mol. The van der Waals surface area contributed by atoms with Crippen molar-refractivity contribution >= 4 is 6.08 Å². The molecule has 0 aliphatic carbocycles. The van der Waals surface area contributed by atoms with Gasteiger partial charge in [-0.1, -0.05) is 30.4 Å². The molecule has 0 bridgehead atoms. The Balaban J connectivity index is 1.98. The number of aliphatic hydroxyl groups is 1. The van der Waals surface area contributed by atoms with Gasteiger partial charge < -0.3 is 14.6 Å². The normalized spacial score (nSPS) is 27.4. The first-order valence-electron chi connectivity index (χ1n) is 6.49. The summed E-state index contributed by atoms with van der Waals surface area (Å²) < 4.78 is 10.9. The van der Waals surface area contributed by atoms with Gasteiger partial charge in [0.25, 0.3) is 0 Å². The molecular weight excluding hydrogens is 240 g/mol. The van der Waals surface area contributed by atoms with E-state index in [9.17, 15) is 5.11 Å². The Morgan fingerprint density at radius 2 is 1.95 bits per heavy atom. The average Bonchev–Trinajstić information content (AvgIpc) is 2.45. The summed E-state index contributed by atoms with van der Waals surface area (Å²) in [6.07, 6.45) is 6.57. The molecular formula is C16H20O3. The molecule has 0 saturated carbocycles. The summed E-state index contributed by atoms with van der Waals surface area (Å²) in [5, 5.41) is 9.77. The Morgan fingerprint density at radius 3 is 2.58 bits per heavy atom. The number of hydrogen-bond donors (Lipinski definition) is 1. The van der Waals surface area contributed by atoms with Crippen molar-refractivity contribution in [2.24, 2.45) is 0 Å². The summed E-state index contributed by atoms with van der Waals surface area (Å²) in [6, 6.07) is 7.81. The third-order valence-electron chi connectivity index (χ3n) is 3.24. The van der Waals surface area contributed by atoms with E-state index in [1.54, 1.807) is 13.2 Å². The van der Waals surface area contributed by atoms with Gasteiger partial charge >= 0.3 is 0 Å². The second-order valence-corrected chi connectivity index (χ2v) is 4.71. The summed E-state index contributed by atoms with van der Waals surface area (Å²) >= 11 is 0. The highest BCUT2D eigenvalue weighted by Crippen LogP contribution is 2.22. The SMILES string of the molecule is C=C[C@H]1C[C@H](O)C[C@@H](/C=C\c2ccc(OC)cc2)O1. The maximum Gasteiger partial charge on any atom is 0.118 e. The fraction of sp³-hybridized carbons (Fsp3) is 0.375. The zero-order valence-corrected chi connectivity index (χ0v) is 11.2. The van der Waals surface area contributed by atoms with Gasteiger partial charge in [-0.2, -0.15) is 0 Å². The quantitative estimate of drug-likeness (QED) is 0.846. The third-order valence-corrected chi connectivity index (χ3v) is 3.24. The van der Waals surface area contributed by atoms with E-state index in [1.807, 2.05) is 36.4 Å². The van der Waals surface area contributed by atoms with Crippen LogP contribution in [0.5, 0.6) is 5.75 Å². The van der Waals surface area contributed by atoms with Crippen LogP contribution in [-0.4, -0.2) is 30.5 Å². The zero-order chi connectivity index (χ0) is 13.7. The molecule has 1 aliphatic heterocycles. The second-order valence-electron chi connectivity index (χ2n) is 4.71. The molecule has 1 fully saturated rings. The van der Waals surface area contributed by atoms with Gasteiger partial charge in [-0.3, -0.25) is 0 Å². The third kappa shape index (κ3) is 3.94. The molecule has 1 aromatic carbocycles. The topological polar surface area (TPSA) is 38.7 Å². The lowest BCUT2D eigenvalue weighted by molar-refractivity contribution is -0.0545. The summed E-state index contributed by atoms with van der Waals surface area (Å²) in [7, 11) is 1.65. The summed E-state index contributed by atoms with van der Waals surface area (Å²) in [4.78, 5) is 0. The molecule has 0 aromatic heterocycles. The van der Waals surface area contributed by atoms with Crippen LogP contribution in [0.1, 0.15) is 18.4 Å². The van der Waals surface area contributed by atoms with Gasteiger partial charge in [-0.05, 0) is 17.7 Å². The Hall–Kier alpha value is -1.58. The molecule has 1 saturated heterocycles. The van der Waals surface area contributed by atoms with E-state index in [0.717, 1.165) is 11.3 Å². The molecule has 102 valence electrons. The Kier molecular flexibility index (Phi) is 4.77. The molecule has 3 heteroatoms. The molecule has 0 radical (unpaired) electrons. The van der Waals surface area contributed by atoms with Gasteiger partial charge in [0.1, 0.15) is 5.75 Å². The summed E-state index contributed by atoms with van der Waals surface area (Å²) in [5.74, 6) is 0.841. The fourth-order valence-corrected chi connectivity index (χ4v) is 2.18. The van der Waals surface area contributed by atoms with E-state index >= 15 is 0 Å². The van der Waals surface area contributed by atoms with E-state index in [0.29, 0.717) is 12.8 Å². The molecule has 1 N–H and O–H groups in total. The number of benzene rings is 1. The monoisotopic (exact) mass is 260 g/mol. The lowest BCUT2D eigenvalue weighted by Crippen LogP contribution is -2.33. The van der Waals surface area contributed by atoms with Crippen molar-refractivity contribution in [2.75, 3.05) is 7.11 Å². The van der Waals surface area contributed by atoms with Gasteiger partial charge in [-0.15, -0.1) is 6.58 Å². The molecule has 1 aliphatic rings. The highest BCUT2D eigenvalue weighted by atomic mass is 16.5. The first kappa shape index (κ1) is 13.8. The molecule has 0 amide bonds. The molecule has 1 heterocycles. The van der Waals surface area contributed by atoms with Gasteiger partial charge in [0.15, 0.2) is 0 Å². The molecule has 3 nitrogen and oxygen atoms in total. The highest BCUT2D eigenvalue weighted by molar-refractivity contribution is 5.51. The van der Waals surface area contributed by atoms with Crippen molar-refractivity contribution < 1.29 is 14.6 Å². The van der Waals surface area contributed by atoms with E-state index in [-0.39, 0.29) is 18.3 Å². The van der Waals surface area contributed by atoms with Crippen LogP contribution >= 0.6 is 0 Å². The molecule has 2 rings (SSSR count). The number of methoxy groups -OCH3 is 1. The fourth-order valence-electron chi connectivity index (χ4n) is 2.18. The Bertz CT molecular complexity index is 436. The van der Waals surface area contributed by atoms with Crippen LogP contribution in [-0.2, 0) is 4.74 Å². The van der Waals surface area contributed by atoms with Crippen molar-refractivity contribution in [3.63, 3.8) is 0 Å². The molecule has 1 aromatic rings. The maximum absolute atomic E-state index is 9.77. The summed E-state index contributed by atoms with van der Waals surface area (Å²) in [6.45, 7) is 3.72. The summed E-state index contributed by atoms with van der Waals surface area (Å²) in [5.41, 5.74) is 1.08. The van der Waals surface area contributed by atoms with E-state index < -0.39 is 0 Å². The molecule has 0 spiro atoms. The minimum atomic E-state index is -0.317. The largest absolute Gasteiger partial charge is 0.497 e. The first-order valence-corrected chi connectivity index (χ1v) is 6.49. The van der Waals surface area contributed by atoms with Gasteiger partial charge in [0.05, 0.1) is 25.4 Å². The average molecular weight is 260 g/mol. The minimum absolute atomic E-state index is 0.0609. The van der Waals surface area contributed by atoms with Crippen LogP contribution in [0, 0.1) is 0 Å². The highest BCUT2D eigenvalue weighted by Gasteiger charge is 2.24. The van der Waals surface area contributed by atoms with Crippen LogP contribution in [0.15, 0.2) is 43.0 Å². The molecule has 0 unspecified atom stereocenters. The van der Waals surface area contributed by atoms with Crippen LogP contribution in [0.3, 0.4) is 0 Å².